The lowest BCUT2D eigenvalue weighted by Gasteiger charge is -2.26. The van der Waals surface area contributed by atoms with Crippen LogP contribution >= 0.6 is 0 Å². The molecule has 1 fully saturated rings. The lowest BCUT2D eigenvalue weighted by Crippen LogP contribution is -2.54. The summed E-state index contributed by atoms with van der Waals surface area (Å²) in [5, 5.41) is 12.2. The van der Waals surface area contributed by atoms with Gasteiger partial charge in [-0.25, -0.2) is 4.79 Å². The van der Waals surface area contributed by atoms with Crippen molar-refractivity contribution in [2.45, 2.75) is 38.8 Å². The van der Waals surface area contributed by atoms with E-state index in [1.54, 1.807) is 31.3 Å². The third-order valence-corrected chi connectivity index (χ3v) is 4.69. The Labute approximate surface area is 152 Å². The fraction of sp³-hybridized carbons (Fsp3) is 0.350. The van der Waals surface area contributed by atoms with Gasteiger partial charge >= 0.3 is 5.97 Å². The van der Waals surface area contributed by atoms with Crippen molar-refractivity contribution in [2.75, 3.05) is 0 Å². The van der Waals surface area contributed by atoms with Gasteiger partial charge in [-0.1, -0.05) is 12.1 Å². The molecule has 26 heavy (non-hydrogen) atoms. The van der Waals surface area contributed by atoms with Crippen LogP contribution in [0.25, 0.3) is 0 Å². The van der Waals surface area contributed by atoms with Gasteiger partial charge in [-0.05, 0) is 62.4 Å². The first-order valence-corrected chi connectivity index (χ1v) is 8.59. The molecule has 1 saturated carbocycles. The summed E-state index contributed by atoms with van der Waals surface area (Å²) in [4.78, 5) is 28.3. The quantitative estimate of drug-likeness (QED) is 0.798. The standard InChI is InChI=1S/C20H22N2O4/c1-13-6-9-17(11-21-13)26-12-14-4-3-5-15(10-14)18(23)22-20(2,19(24)25)16-7-8-16/h3-6,9-11,16H,7-8,12H2,1-2H3,(H,22,23)(H,24,25)/t20-/m0/s1. The largest absolute Gasteiger partial charge is 0.487 e. The predicted octanol–water partition coefficient (Wildman–Crippen LogP) is 2.95. The number of nitrogens with zero attached hydrogens (tertiary/aromatic N) is 1. The van der Waals surface area contributed by atoms with Crippen molar-refractivity contribution in [3.63, 3.8) is 0 Å². The molecular weight excluding hydrogens is 332 g/mol. The van der Waals surface area contributed by atoms with Crippen molar-refractivity contribution < 1.29 is 19.4 Å². The first-order valence-electron chi connectivity index (χ1n) is 8.59. The molecule has 0 spiro atoms. The Bertz CT molecular complexity index is 815. The summed E-state index contributed by atoms with van der Waals surface area (Å²) in [7, 11) is 0. The van der Waals surface area contributed by atoms with Crippen LogP contribution in [-0.2, 0) is 11.4 Å². The molecule has 1 aromatic heterocycles. The normalized spacial score (nSPS) is 15.8. The molecule has 0 bridgehead atoms. The van der Waals surface area contributed by atoms with E-state index in [0.717, 1.165) is 24.1 Å². The van der Waals surface area contributed by atoms with Gasteiger partial charge in [0.25, 0.3) is 5.91 Å². The van der Waals surface area contributed by atoms with Crippen LogP contribution < -0.4 is 10.1 Å². The second-order valence-electron chi connectivity index (χ2n) is 6.86. The molecule has 0 radical (unpaired) electrons. The maximum Gasteiger partial charge on any atom is 0.329 e. The van der Waals surface area contributed by atoms with E-state index < -0.39 is 11.5 Å². The molecule has 0 saturated heterocycles. The number of carbonyl (C=O) groups is 2. The Kier molecular flexibility index (Phi) is 4.93. The summed E-state index contributed by atoms with van der Waals surface area (Å²) in [6.07, 6.45) is 3.29. The Morgan fingerprint density at radius 2 is 2.08 bits per heavy atom. The van der Waals surface area contributed by atoms with Gasteiger partial charge in [0, 0.05) is 11.3 Å². The van der Waals surface area contributed by atoms with Gasteiger partial charge in [-0.2, -0.15) is 0 Å². The van der Waals surface area contributed by atoms with Gasteiger partial charge in [0.2, 0.25) is 0 Å². The highest BCUT2D eigenvalue weighted by atomic mass is 16.5. The molecule has 1 heterocycles. The molecule has 1 atom stereocenters. The molecule has 136 valence electrons. The summed E-state index contributed by atoms with van der Waals surface area (Å²) < 4.78 is 5.68. The Hall–Kier alpha value is -2.89. The molecule has 1 aliphatic carbocycles. The molecule has 0 unspecified atom stereocenters. The monoisotopic (exact) mass is 354 g/mol. The number of hydrogen-bond acceptors (Lipinski definition) is 4. The smallest absolute Gasteiger partial charge is 0.329 e. The molecule has 6 nitrogen and oxygen atoms in total. The fourth-order valence-electron chi connectivity index (χ4n) is 2.81. The number of carbonyl (C=O) groups excluding carboxylic acids is 1. The van der Waals surface area contributed by atoms with Gasteiger partial charge in [-0.15, -0.1) is 0 Å². The van der Waals surface area contributed by atoms with Crippen molar-refractivity contribution >= 4 is 11.9 Å². The molecule has 3 rings (SSSR count). The minimum Gasteiger partial charge on any atom is -0.487 e. The highest BCUT2D eigenvalue weighted by molar-refractivity contribution is 5.98. The number of ether oxygens (including phenoxy) is 1. The average molecular weight is 354 g/mol. The number of pyridine rings is 1. The lowest BCUT2D eigenvalue weighted by atomic mass is 9.95. The minimum absolute atomic E-state index is 0.00972. The highest BCUT2D eigenvalue weighted by Gasteiger charge is 2.48. The van der Waals surface area contributed by atoms with Crippen LogP contribution in [0.4, 0.5) is 0 Å². The number of carboxylic acid groups (broad SMARTS) is 1. The maximum atomic E-state index is 12.5. The zero-order chi connectivity index (χ0) is 18.7. The van der Waals surface area contributed by atoms with Gasteiger partial charge in [0.1, 0.15) is 17.9 Å². The first-order chi connectivity index (χ1) is 12.4. The lowest BCUT2D eigenvalue weighted by molar-refractivity contribution is -0.144. The molecule has 1 aliphatic rings. The second-order valence-corrected chi connectivity index (χ2v) is 6.86. The zero-order valence-corrected chi connectivity index (χ0v) is 14.9. The van der Waals surface area contributed by atoms with E-state index in [9.17, 15) is 14.7 Å². The number of aromatic nitrogens is 1. The molecule has 6 heteroatoms. The summed E-state index contributed by atoms with van der Waals surface area (Å²) >= 11 is 0. The highest BCUT2D eigenvalue weighted by Crippen LogP contribution is 2.39. The van der Waals surface area contributed by atoms with E-state index in [-0.39, 0.29) is 11.8 Å². The molecule has 1 aromatic carbocycles. The second kappa shape index (κ2) is 7.15. The van der Waals surface area contributed by atoms with Crippen molar-refractivity contribution in [3.8, 4) is 5.75 Å². The zero-order valence-electron chi connectivity index (χ0n) is 14.9. The van der Waals surface area contributed by atoms with Crippen LogP contribution in [0.1, 0.15) is 41.4 Å². The van der Waals surface area contributed by atoms with Crippen LogP contribution in [0.2, 0.25) is 0 Å². The summed E-state index contributed by atoms with van der Waals surface area (Å²) in [5.41, 5.74) is 0.924. The topological polar surface area (TPSA) is 88.5 Å². The number of aryl methyl sites for hydroxylation is 1. The van der Waals surface area contributed by atoms with E-state index in [1.807, 2.05) is 25.1 Å². The summed E-state index contributed by atoms with van der Waals surface area (Å²) in [6, 6.07) is 10.7. The average Bonchev–Trinajstić information content (AvgIpc) is 3.47. The molecule has 2 N–H and O–H groups in total. The van der Waals surface area contributed by atoms with Crippen molar-refractivity contribution in [1.29, 1.82) is 0 Å². The van der Waals surface area contributed by atoms with Gasteiger partial charge in [0.05, 0.1) is 6.20 Å². The van der Waals surface area contributed by atoms with Gasteiger partial charge in [-0.3, -0.25) is 9.78 Å². The third-order valence-electron chi connectivity index (χ3n) is 4.69. The Balaban J connectivity index is 1.67. The van der Waals surface area contributed by atoms with Crippen LogP contribution in [0.15, 0.2) is 42.6 Å². The van der Waals surface area contributed by atoms with Crippen molar-refractivity contribution in [2.24, 2.45) is 5.92 Å². The Morgan fingerprint density at radius 1 is 1.31 bits per heavy atom. The molecule has 1 amide bonds. The van der Waals surface area contributed by atoms with E-state index in [1.165, 1.54) is 0 Å². The van der Waals surface area contributed by atoms with Gasteiger partial charge in [0.15, 0.2) is 0 Å². The molecular formula is C20H22N2O4. The van der Waals surface area contributed by atoms with Crippen LogP contribution in [-0.4, -0.2) is 27.5 Å². The number of aliphatic carboxylic acids is 1. The minimum atomic E-state index is -1.23. The van der Waals surface area contributed by atoms with E-state index in [2.05, 4.69) is 10.3 Å². The van der Waals surface area contributed by atoms with E-state index in [4.69, 9.17) is 4.74 Å². The summed E-state index contributed by atoms with van der Waals surface area (Å²) in [5.74, 6) is -0.748. The number of nitrogens with one attached hydrogen (secondary N) is 1. The maximum absolute atomic E-state index is 12.5. The fourth-order valence-corrected chi connectivity index (χ4v) is 2.81. The van der Waals surface area contributed by atoms with Gasteiger partial charge < -0.3 is 15.2 Å². The van der Waals surface area contributed by atoms with E-state index >= 15 is 0 Å². The number of benzene rings is 1. The third kappa shape index (κ3) is 4.02. The summed E-state index contributed by atoms with van der Waals surface area (Å²) in [6.45, 7) is 3.77. The van der Waals surface area contributed by atoms with Crippen LogP contribution in [0.3, 0.4) is 0 Å². The molecule has 0 aliphatic heterocycles. The van der Waals surface area contributed by atoms with Crippen LogP contribution in [0.5, 0.6) is 5.75 Å². The Morgan fingerprint density at radius 3 is 2.69 bits per heavy atom. The number of hydrogen-bond donors (Lipinski definition) is 2. The number of amides is 1. The SMILES string of the molecule is Cc1ccc(OCc2cccc(C(=O)N[C@](C)(C(=O)O)C3CC3)c2)cn1. The predicted molar refractivity (Wildman–Crippen MR) is 96.0 cm³/mol. The first kappa shape index (κ1) is 17.9. The van der Waals surface area contributed by atoms with Crippen LogP contribution in [0, 0.1) is 12.8 Å². The number of rotatable bonds is 7. The van der Waals surface area contributed by atoms with Crippen molar-refractivity contribution in [1.82, 2.24) is 10.3 Å². The number of carboxylic acids is 1. The molecule has 2 aromatic rings. The van der Waals surface area contributed by atoms with Crippen molar-refractivity contribution in [3.05, 3.63) is 59.4 Å². The van der Waals surface area contributed by atoms with E-state index in [0.29, 0.717) is 17.9 Å².